The van der Waals surface area contributed by atoms with Gasteiger partial charge in [0.1, 0.15) is 5.82 Å². The number of amides is 1. The molecule has 2 nitrogen and oxygen atoms in total. The molecule has 0 aliphatic rings. The second kappa shape index (κ2) is 6.74. The fourth-order valence-corrected chi connectivity index (χ4v) is 2.07. The zero-order chi connectivity index (χ0) is 12.8. The molecular weight excluding hydrogens is 285 g/mol. The van der Waals surface area contributed by atoms with Crippen LogP contribution in [-0.4, -0.2) is 17.3 Å². The molecule has 0 spiro atoms. The van der Waals surface area contributed by atoms with Crippen LogP contribution in [-0.2, 0) is 0 Å². The number of rotatable bonds is 5. The van der Waals surface area contributed by atoms with Crippen molar-refractivity contribution in [2.24, 2.45) is 0 Å². The molecule has 4 heteroatoms. The van der Waals surface area contributed by atoms with Crippen LogP contribution in [0.25, 0.3) is 0 Å². The zero-order valence-corrected chi connectivity index (χ0v) is 11.7. The van der Waals surface area contributed by atoms with Crippen molar-refractivity contribution in [1.29, 1.82) is 0 Å². The highest BCUT2D eigenvalue weighted by Gasteiger charge is 2.09. The van der Waals surface area contributed by atoms with Crippen molar-refractivity contribution >= 4 is 21.8 Å². The molecule has 1 N–H and O–H groups in total. The van der Waals surface area contributed by atoms with Crippen molar-refractivity contribution in [2.75, 3.05) is 6.54 Å². The number of hydrogen-bond acceptors (Lipinski definition) is 1. The van der Waals surface area contributed by atoms with Gasteiger partial charge in [0.2, 0.25) is 0 Å². The van der Waals surface area contributed by atoms with E-state index in [2.05, 4.69) is 28.2 Å². The minimum Gasteiger partial charge on any atom is -0.351 e. The van der Waals surface area contributed by atoms with Gasteiger partial charge < -0.3 is 5.32 Å². The molecule has 1 amide bonds. The summed E-state index contributed by atoms with van der Waals surface area (Å²) in [6.07, 6.45) is 2.06. The number of carbonyl (C=O) groups excluding carboxylic acids is 1. The summed E-state index contributed by atoms with van der Waals surface area (Å²) < 4.78 is 13.3. The number of hydrogen-bond donors (Lipinski definition) is 1. The summed E-state index contributed by atoms with van der Waals surface area (Å²) in [4.78, 5) is 12.0. The Morgan fingerprint density at radius 2 is 2.24 bits per heavy atom. The molecule has 1 unspecified atom stereocenters. The first kappa shape index (κ1) is 14.2. The summed E-state index contributed by atoms with van der Waals surface area (Å²) in [5.74, 6) is -0.578. The predicted molar refractivity (Wildman–Crippen MR) is 71.1 cm³/mol. The van der Waals surface area contributed by atoms with E-state index in [1.807, 2.05) is 0 Å². The van der Waals surface area contributed by atoms with E-state index in [4.69, 9.17) is 0 Å². The molecule has 0 fully saturated rings. The molecule has 0 bridgehead atoms. The summed E-state index contributed by atoms with van der Waals surface area (Å²) in [6.45, 7) is 4.32. The summed E-state index contributed by atoms with van der Waals surface area (Å²) in [7, 11) is 0. The van der Waals surface area contributed by atoms with Crippen molar-refractivity contribution < 1.29 is 9.18 Å². The molecule has 0 aromatic heterocycles. The lowest BCUT2D eigenvalue weighted by atomic mass is 10.1. The highest BCUT2D eigenvalue weighted by atomic mass is 79.9. The van der Waals surface area contributed by atoms with E-state index in [9.17, 15) is 9.18 Å². The second-order valence-corrected chi connectivity index (χ2v) is 5.35. The molecule has 0 heterocycles. The highest BCUT2D eigenvalue weighted by molar-refractivity contribution is 9.09. The number of nitrogens with one attached hydrogen (secondary N) is 1. The van der Waals surface area contributed by atoms with Gasteiger partial charge in [-0.15, -0.1) is 0 Å². The smallest absolute Gasteiger partial charge is 0.251 e. The van der Waals surface area contributed by atoms with E-state index in [0.717, 1.165) is 12.8 Å². The quantitative estimate of drug-likeness (QED) is 0.830. The van der Waals surface area contributed by atoms with Crippen LogP contribution in [0, 0.1) is 12.7 Å². The Balaban J connectivity index is 2.55. The first-order chi connectivity index (χ1) is 8.04. The Kier molecular flexibility index (Phi) is 5.62. The van der Waals surface area contributed by atoms with Crippen LogP contribution in [0.1, 0.15) is 35.7 Å². The summed E-state index contributed by atoms with van der Waals surface area (Å²) in [5.41, 5.74) is 0.912. The molecule has 1 aromatic carbocycles. The highest BCUT2D eigenvalue weighted by Crippen LogP contribution is 2.10. The van der Waals surface area contributed by atoms with Crippen LogP contribution in [0.5, 0.6) is 0 Å². The van der Waals surface area contributed by atoms with Gasteiger partial charge in [-0.2, -0.15) is 0 Å². The Morgan fingerprint density at radius 3 is 2.82 bits per heavy atom. The van der Waals surface area contributed by atoms with E-state index in [0.29, 0.717) is 17.7 Å². The zero-order valence-electron chi connectivity index (χ0n) is 10.1. The van der Waals surface area contributed by atoms with Gasteiger partial charge in [-0.05, 0) is 31.0 Å². The van der Waals surface area contributed by atoms with Gasteiger partial charge in [0.05, 0.1) is 0 Å². The molecule has 1 rings (SSSR count). The van der Waals surface area contributed by atoms with Crippen LogP contribution >= 0.6 is 15.9 Å². The van der Waals surface area contributed by atoms with E-state index in [-0.39, 0.29) is 16.6 Å². The molecule has 0 aliphatic heterocycles. The van der Waals surface area contributed by atoms with E-state index >= 15 is 0 Å². The number of halogens is 2. The van der Waals surface area contributed by atoms with Gasteiger partial charge in [-0.3, -0.25) is 4.79 Å². The van der Waals surface area contributed by atoms with Gasteiger partial charge in [-0.25, -0.2) is 4.39 Å². The summed E-state index contributed by atoms with van der Waals surface area (Å²) in [5, 5.41) is 2.78. The van der Waals surface area contributed by atoms with Crippen molar-refractivity contribution in [2.45, 2.75) is 31.5 Å². The van der Waals surface area contributed by atoms with Crippen LogP contribution in [0.2, 0.25) is 0 Å². The topological polar surface area (TPSA) is 29.1 Å². The molecule has 0 aliphatic carbocycles. The number of benzene rings is 1. The molecule has 0 radical (unpaired) electrons. The minimum atomic E-state index is -0.346. The van der Waals surface area contributed by atoms with Crippen molar-refractivity contribution in [3.05, 3.63) is 35.1 Å². The Bertz CT molecular complexity index is 395. The molecule has 0 saturated carbocycles. The maximum Gasteiger partial charge on any atom is 0.251 e. The number of aryl methyl sites for hydroxylation is 1. The molecule has 0 saturated heterocycles. The average Bonchev–Trinajstić information content (AvgIpc) is 2.30. The van der Waals surface area contributed by atoms with E-state index in [1.54, 1.807) is 19.1 Å². The summed E-state index contributed by atoms with van der Waals surface area (Å²) in [6, 6.07) is 4.52. The third-order valence-corrected chi connectivity index (χ3v) is 3.30. The SMILES string of the molecule is CCCC(Br)CNC(=O)c1ccc(C)c(F)c1. The molecule has 1 aromatic rings. The predicted octanol–water partition coefficient (Wildman–Crippen LogP) is 3.43. The fourth-order valence-electron chi connectivity index (χ4n) is 1.45. The van der Waals surface area contributed by atoms with Crippen LogP contribution < -0.4 is 5.32 Å². The van der Waals surface area contributed by atoms with Crippen LogP contribution in [0.4, 0.5) is 4.39 Å². The van der Waals surface area contributed by atoms with Gasteiger partial charge in [0.15, 0.2) is 0 Å². The van der Waals surface area contributed by atoms with Gasteiger partial charge in [0.25, 0.3) is 5.91 Å². The normalized spacial score (nSPS) is 12.2. The minimum absolute atomic E-state index is 0.232. The number of carbonyl (C=O) groups is 1. The van der Waals surface area contributed by atoms with E-state index < -0.39 is 0 Å². The standard InChI is InChI=1S/C13H17BrFNO/c1-3-4-11(14)8-16-13(17)10-6-5-9(2)12(15)7-10/h5-7,11H,3-4,8H2,1-2H3,(H,16,17). The first-order valence-electron chi connectivity index (χ1n) is 5.73. The number of alkyl halides is 1. The van der Waals surface area contributed by atoms with Gasteiger partial charge >= 0.3 is 0 Å². The van der Waals surface area contributed by atoms with Gasteiger partial charge in [-0.1, -0.05) is 35.3 Å². The van der Waals surface area contributed by atoms with Crippen LogP contribution in [0.3, 0.4) is 0 Å². The summed E-state index contributed by atoms with van der Waals surface area (Å²) >= 11 is 3.48. The first-order valence-corrected chi connectivity index (χ1v) is 6.64. The lowest BCUT2D eigenvalue weighted by Crippen LogP contribution is -2.29. The lowest BCUT2D eigenvalue weighted by molar-refractivity contribution is 0.0953. The van der Waals surface area contributed by atoms with E-state index in [1.165, 1.54) is 6.07 Å². The third-order valence-electron chi connectivity index (χ3n) is 2.52. The van der Waals surface area contributed by atoms with Crippen molar-refractivity contribution in [3.8, 4) is 0 Å². The van der Waals surface area contributed by atoms with Crippen LogP contribution in [0.15, 0.2) is 18.2 Å². The van der Waals surface area contributed by atoms with Crippen molar-refractivity contribution in [1.82, 2.24) is 5.32 Å². The Labute approximate surface area is 110 Å². The fraction of sp³-hybridized carbons (Fsp3) is 0.462. The average molecular weight is 302 g/mol. The van der Waals surface area contributed by atoms with Crippen molar-refractivity contribution in [3.63, 3.8) is 0 Å². The maximum atomic E-state index is 13.3. The van der Waals surface area contributed by atoms with Gasteiger partial charge in [0, 0.05) is 16.9 Å². The molecule has 94 valence electrons. The molecular formula is C13H17BrFNO. The third kappa shape index (κ3) is 4.46. The maximum absolute atomic E-state index is 13.3. The molecule has 17 heavy (non-hydrogen) atoms. The second-order valence-electron chi connectivity index (χ2n) is 4.06. The Hall–Kier alpha value is -0.900. The lowest BCUT2D eigenvalue weighted by Gasteiger charge is -2.10. The Morgan fingerprint density at radius 1 is 1.53 bits per heavy atom. The monoisotopic (exact) mass is 301 g/mol. The molecule has 1 atom stereocenters. The largest absolute Gasteiger partial charge is 0.351 e.